The summed E-state index contributed by atoms with van der Waals surface area (Å²) in [5.74, 6) is -0.711. The summed E-state index contributed by atoms with van der Waals surface area (Å²) in [6.07, 6.45) is 1.77. The fraction of sp³-hybridized carbons (Fsp3) is 0.667. The maximum absolute atomic E-state index is 9.60. The first-order valence-corrected chi connectivity index (χ1v) is 2.80. The van der Waals surface area contributed by atoms with E-state index in [0.29, 0.717) is 6.42 Å². The van der Waals surface area contributed by atoms with Gasteiger partial charge in [0, 0.05) is 6.42 Å². The van der Waals surface area contributed by atoms with Crippen LogP contribution in [0.3, 0.4) is 0 Å². The molecule has 0 saturated carbocycles. The Morgan fingerprint density at radius 2 is 2.00 bits per heavy atom. The summed E-state index contributed by atoms with van der Waals surface area (Å²) in [5.41, 5.74) is 0. The maximum atomic E-state index is 9.60. The van der Waals surface area contributed by atoms with Gasteiger partial charge in [-0.25, -0.2) is 0 Å². The van der Waals surface area contributed by atoms with Gasteiger partial charge in [0.05, 0.1) is 0 Å². The lowest BCUT2D eigenvalue weighted by atomic mass is 10.4. The van der Waals surface area contributed by atoms with E-state index in [2.05, 4.69) is 0 Å². The first-order valence-electron chi connectivity index (χ1n) is 2.80. The molecule has 3 nitrogen and oxygen atoms in total. The molecule has 54 valence electrons. The Bertz CT molecular complexity index is 78.4. The number of hydrogen-bond donors (Lipinski definition) is 1. The van der Waals surface area contributed by atoms with Crippen LogP contribution in [0, 0.1) is 0 Å². The zero-order chi connectivity index (χ0) is 7.70. The Balaban J connectivity index is 0. The Morgan fingerprint density at radius 1 is 1.67 bits per heavy atom. The van der Waals surface area contributed by atoms with Crippen molar-refractivity contribution in [3.05, 3.63) is 0 Å². The molecule has 0 aliphatic carbocycles. The van der Waals surface area contributed by atoms with E-state index in [-0.39, 0.29) is 0 Å². The number of hydrogen-bond acceptors (Lipinski definition) is 2. The highest BCUT2D eigenvalue weighted by Crippen LogP contribution is 1.82. The molecule has 0 aliphatic heterocycles. The highest BCUT2D eigenvalue weighted by Gasteiger charge is 1.87. The molecule has 0 unspecified atom stereocenters. The standard InChI is InChI=1S/C4H8O2.C2H4O/c1-2-3-4(5)6;1-2-3/h2-3H2,1H3,(H,5,6);2H,1H3. The minimum atomic E-state index is -0.711. The minimum Gasteiger partial charge on any atom is -0.481 e. The molecule has 0 atom stereocenters. The van der Waals surface area contributed by atoms with Crippen LogP contribution in [-0.2, 0) is 9.59 Å². The monoisotopic (exact) mass is 132 g/mol. The van der Waals surface area contributed by atoms with Gasteiger partial charge in [-0.05, 0) is 13.3 Å². The van der Waals surface area contributed by atoms with Gasteiger partial charge in [-0.3, -0.25) is 4.79 Å². The van der Waals surface area contributed by atoms with E-state index in [1.54, 1.807) is 0 Å². The molecule has 0 rings (SSSR count). The lowest BCUT2D eigenvalue weighted by Gasteiger charge is -1.79. The molecule has 0 bridgehead atoms. The largest absolute Gasteiger partial charge is 0.481 e. The second-order valence-corrected chi connectivity index (χ2v) is 1.38. The van der Waals surface area contributed by atoms with Crippen LogP contribution >= 0.6 is 0 Å². The van der Waals surface area contributed by atoms with Crippen molar-refractivity contribution in [2.75, 3.05) is 0 Å². The molecule has 9 heavy (non-hydrogen) atoms. The van der Waals surface area contributed by atoms with Crippen LogP contribution in [-0.4, -0.2) is 17.4 Å². The SMILES string of the molecule is CC=O.CCCC(=O)O. The average Bonchev–Trinajstić information content (AvgIpc) is 1.67. The van der Waals surface area contributed by atoms with Gasteiger partial charge in [0.2, 0.25) is 0 Å². The predicted octanol–water partition coefficient (Wildman–Crippen LogP) is 1.08. The van der Waals surface area contributed by atoms with Gasteiger partial charge in [-0.2, -0.15) is 0 Å². The fourth-order valence-electron chi connectivity index (χ4n) is 0.214. The van der Waals surface area contributed by atoms with Gasteiger partial charge in [-0.15, -0.1) is 0 Å². The van der Waals surface area contributed by atoms with Crippen LogP contribution in [0.2, 0.25) is 0 Å². The van der Waals surface area contributed by atoms with Crippen molar-refractivity contribution in [3.63, 3.8) is 0 Å². The second-order valence-electron chi connectivity index (χ2n) is 1.38. The van der Waals surface area contributed by atoms with Gasteiger partial charge in [0.25, 0.3) is 0 Å². The molecular weight excluding hydrogens is 120 g/mol. The van der Waals surface area contributed by atoms with E-state index >= 15 is 0 Å². The van der Waals surface area contributed by atoms with E-state index < -0.39 is 5.97 Å². The van der Waals surface area contributed by atoms with Crippen LogP contribution < -0.4 is 0 Å². The summed E-state index contributed by atoms with van der Waals surface area (Å²) in [6, 6.07) is 0. The molecule has 0 spiro atoms. The number of aldehydes is 1. The lowest BCUT2D eigenvalue weighted by molar-refractivity contribution is -0.137. The van der Waals surface area contributed by atoms with Crippen molar-refractivity contribution in [1.82, 2.24) is 0 Å². The zero-order valence-electron chi connectivity index (χ0n) is 5.76. The van der Waals surface area contributed by atoms with Crippen molar-refractivity contribution in [2.45, 2.75) is 26.7 Å². The molecule has 0 fully saturated rings. The van der Waals surface area contributed by atoms with Crippen molar-refractivity contribution in [3.8, 4) is 0 Å². The van der Waals surface area contributed by atoms with Crippen LogP contribution in [0.1, 0.15) is 26.7 Å². The number of carbonyl (C=O) groups is 2. The summed E-state index contributed by atoms with van der Waals surface area (Å²) < 4.78 is 0. The molecule has 3 heteroatoms. The topological polar surface area (TPSA) is 54.4 Å². The van der Waals surface area contributed by atoms with Crippen LogP contribution in [0.15, 0.2) is 0 Å². The van der Waals surface area contributed by atoms with Crippen molar-refractivity contribution in [2.24, 2.45) is 0 Å². The molecule has 0 radical (unpaired) electrons. The molecule has 0 heterocycles. The number of carboxylic acids is 1. The Hall–Kier alpha value is -0.860. The fourth-order valence-corrected chi connectivity index (χ4v) is 0.214. The van der Waals surface area contributed by atoms with Crippen LogP contribution in [0.5, 0.6) is 0 Å². The predicted molar refractivity (Wildman–Crippen MR) is 34.3 cm³/mol. The zero-order valence-corrected chi connectivity index (χ0v) is 5.76. The van der Waals surface area contributed by atoms with Gasteiger partial charge in [0.15, 0.2) is 0 Å². The number of aliphatic carboxylic acids is 1. The third kappa shape index (κ3) is 41.2. The summed E-state index contributed by atoms with van der Waals surface area (Å²) in [4.78, 5) is 18.4. The summed E-state index contributed by atoms with van der Waals surface area (Å²) in [6.45, 7) is 3.29. The normalized spacial score (nSPS) is 6.89. The quantitative estimate of drug-likeness (QED) is 0.572. The number of rotatable bonds is 2. The molecule has 0 aromatic carbocycles. The number of carbonyl (C=O) groups excluding carboxylic acids is 1. The highest BCUT2D eigenvalue weighted by molar-refractivity contribution is 5.66. The Labute approximate surface area is 54.7 Å². The van der Waals surface area contributed by atoms with Gasteiger partial charge in [0.1, 0.15) is 6.29 Å². The average molecular weight is 132 g/mol. The Kier molecular flexibility index (Phi) is 12.5. The van der Waals surface area contributed by atoms with E-state index in [9.17, 15) is 4.79 Å². The molecule has 0 aromatic rings. The number of carboxylic acid groups (broad SMARTS) is 1. The summed E-state index contributed by atoms with van der Waals surface area (Å²) in [5, 5.41) is 7.91. The molecule has 0 saturated heterocycles. The van der Waals surface area contributed by atoms with Crippen molar-refractivity contribution >= 4 is 12.3 Å². The first-order chi connectivity index (χ1) is 4.18. The van der Waals surface area contributed by atoms with Crippen molar-refractivity contribution in [1.29, 1.82) is 0 Å². The highest BCUT2D eigenvalue weighted by atomic mass is 16.4. The first kappa shape index (κ1) is 11.0. The second kappa shape index (κ2) is 10.2. The third-order valence-corrected chi connectivity index (χ3v) is 0.464. The lowest BCUT2D eigenvalue weighted by Crippen LogP contribution is -1.90. The summed E-state index contributed by atoms with van der Waals surface area (Å²) >= 11 is 0. The van der Waals surface area contributed by atoms with E-state index in [4.69, 9.17) is 9.90 Å². The van der Waals surface area contributed by atoms with Gasteiger partial charge in [-0.1, -0.05) is 6.92 Å². The van der Waals surface area contributed by atoms with E-state index in [0.717, 1.165) is 12.7 Å². The van der Waals surface area contributed by atoms with E-state index in [1.807, 2.05) is 6.92 Å². The smallest absolute Gasteiger partial charge is 0.303 e. The Morgan fingerprint density at radius 3 is 2.00 bits per heavy atom. The molecule has 0 aliphatic rings. The van der Waals surface area contributed by atoms with Crippen LogP contribution in [0.25, 0.3) is 0 Å². The maximum Gasteiger partial charge on any atom is 0.303 e. The van der Waals surface area contributed by atoms with E-state index in [1.165, 1.54) is 6.92 Å². The van der Waals surface area contributed by atoms with Gasteiger partial charge < -0.3 is 9.90 Å². The van der Waals surface area contributed by atoms with Gasteiger partial charge >= 0.3 is 5.97 Å². The molecule has 1 N–H and O–H groups in total. The molecular formula is C6H12O3. The minimum absolute atomic E-state index is 0.292. The molecule has 0 aromatic heterocycles. The van der Waals surface area contributed by atoms with Crippen molar-refractivity contribution < 1.29 is 14.7 Å². The molecule has 0 amide bonds. The van der Waals surface area contributed by atoms with Crippen LogP contribution in [0.4, 0.5) is 0 Å². The third-order valence-electron chi connectivity index (χ3n) is 0.464. The summed E-state index contributed by atoms with van der Waals surface area (Å²) in [7, 11) is 0.